The second-order valence-electron chi connectivity index (χ2n) is 6.20. The first-order valence-electron chi connectivity index (χ1n) is 8.48. The molecule has 2 aromatic rings. The Morgan fingerprint density at radius 3 is 2.96 bits per heavy atom. The first-order chi connectivity index (χ1) is 12.0. The second kappa shape index (κ2) is 7.80. The summed E-state index contributed by atoms with van der Waals surface area (Å²) in [6.07, 6.45) is 1.92. The number of esters is 1. The summed E-state index contributed by atoms with van der Waals surface area (Å²) < 4.78 is 32.3. The summed E-state index contributed by atoms with van der Waals surface area (Å²) in [5.74, 6) is -0.606. The molecule has 1 unspecified atom stereocenters. The van der Waals surface area contributed by atoms with E-state index >= 15 is 0 Å². The van der Waals surface area contributed by atoms with E-state index in [-0.39, 0.29) is 24.9 Å². The van der Waals surface area contributed by atoms with Gasteiger partial charge in [0.1, 0.15) is 11.6 Å². The van der Waals surface area contributed by atoms with Gasteiger partial charge in [-0.1, -0.05) is 19.1 Å². The standard InChI is InChI=1S/C17H22N2O4S2/c1-2-10-25(21,22)19-9-5-6-13(11-19)17(20)23-12-16-18-14-7-3-4-8-15(14)24-16/h3-4,7-8,13H,2,5-6,9-12H2,1H3. The van der Waals surface area contributed by atoms with E-state index < -0.39 is 15.9 Å². The first-order valence-corrected chi connectivity index (χ1v) is 10.9. The van der Waals surface area contributed by atoms with Crippen molar-refractivity contribution in [2.24, 2.45) is 5.92 Å². The lowest BCUT2D eigenvalue weighted by Crippen LogP contribution is -2.43. The molecule has 136 valence electrons. The minimum absolute atomic E-state index is 0.125. The number of para-hydroxylation sites is 1. The fraction of sp³-hybridized carbons (Fsp3) is 0.529. The zero-order chi connectivity index (χ0) is 17.9. The highest BCUT2D eigenvalue weighted by Crippen LogP contribution is 2.24. The van der Waals surface area contributed by atoms with E-state index in [1.807, 2.05) is 31.2 Å². The number of carbonyl (C=O) groups excluding carboxylic acids is 1. The molecule has 0 radical (unpaired) electrons. The van der Waals surface area contributed by atoms with Crippen molar-refractivity contribution in [3.63, 3.8) is 0 Å². The Kier molecular flexibility index (Phi) is 5.71. The summed E-state index contributed by atoms with van der Waals surface area (Å²) in [7, 11) is -3.27. The van der Waals surface area contributed by atoms with E-state index in [0.717, 1.165) is 15.2 Å². The number of hydrogen-bond donors (Lipinski definition) is 0. The molecule has 25 heavy (non-hydrogen) atoms. The summed E-state index contributed by atoms with van der Waals surface area (Å²) in [5.41, 5.74) is 0.896. The van der Waals surface area contributed by atoms with Crippen molar-refractivity contribution in [3.05, 3.63) is 29.3 Å². The van der Waals surface area contributed by atoms with E-state index in [0.29, 0.717) is 25.8 Å². The molecule has 1 fully saturated rings. The van der Waals surface area contributed by atoms with Gasteiger partial charge in [-0.15, -0.1) is 11.3 Å². The van der Waals surface area contributed by atoms with Crippen molar-refractivity contribution in [1.82, 2.24) is 9.29 Å². The topological polar surface area (TPSA) is 76.6 Å². The highest BCUT2D eigenvalue weighted by molar-refractivity contribution is 7.89. The fourth-order valence-corrected chi connectivity index (χ4v) is 5.48. The summed E-state index contributed by atoms with van der Waals surface area (Å²) in [6, 6.07) is 7.78. The largest absolute Gasteiger partial charge is 0.458 e. The molecule has 6 nitrogen and oxygen atoms in total. The third-order valence-electron chi connectivity index (χ3n) is 4.25. The lowest BCUT2D eigenvalue weighted by Gasteiger charge is -2.30. The molecular weight excluding hydrogens is 360 g/mol. The molecule has 0 amide bonds. The van der Waals surface area contributed by atoms with Crippen molar-refractivity contribution in [3.8, 4) is 0 Å². The van der Waals surface area contributed by atoms with Crippen LogP contribution in [-0.2, 0) is 26.2 Å². The van der Waals surface area contributed by atoms with Crippen LogP contribution in [0, 0.1) is 5.92 Å². The summed E-state index contributed by atoms with van der Waals surface area (Å²) >= 11 is 1.50. The van der Waals surface area contributed by atoms with Crippen molar-refractivity contribution in [1.29, 1.82) is 0 Å². The number of piperidine rings is 1. The Bertz CT molecular complexity index is 814. The number of ether oxygens (including phenoxy) is 1. The Hall–Kier alpha value is -1.51. The van der Waals surface area contributed by atoms with Gasteiger partial charge >= 0.3 is 5.97 Å². The average molecular weight is 383 g/mol. The molecule has 1 aliphatic heterocycles. The SMILES string of the molecule is CCCS(=O)(=O)N1CCCC(C(=O)OCc2nc3ccccc3s2)C1. The highest BCUT2D eigenvalue weighted by Gasteiger charge is 2.32. The molecule has 8 heteroatoms. The number of carbonyl (C=O) groups is 1. The number of benzene rings is 1. The van der Waals surface area contributed by atoms with Gasteiger partial charge in [0, 0.05) is 13.1 Å². The van der Waals surface area contributed by atoms with E-state index in [1.165, 1.54) is 15.6 Å². The minimum atomic E-state index is -3.27. The van der Waals surface area contributed by atoms with Crippen molar-refractivity contribution in [2.45, 2.75) is 32.8 Å². The Morgan fingerprint density at radius 1 is 1.40 bits per heavy atom. The maximum Gasteiger partial charge on any atom is 0.310 e. The molecule has 0 spiro atoms. The molecule has 1 saturated heterocycles. The number of rotatable bonds is 6. The van der Waals surface area contributed by atoms with Crippen LogP contribution in [-0.4, -0.2) is 42.5 Å². The van der Waals surface area contributed by atoms with Crippen molar-refractivity contribution < 1.29 is 17.9 Å². The van der Waals surface area contributed by atoms with Crippen LogP contribution in [0.4, 0.5) is 0 Å². The van der Waals surface area contributed by atoms with E-state index in [1.54, 1.807) is 0 Å². The quantitative estimate of drug-likeness (QED) is 0.718. The fourth-order valence-electron chi connectivity index (χ4n) is 3.01. The zero-order valence-corrected chi connectivity index (χ0v) is 15.8. The van der Waals surface area contributed by atoms with Crippen LogP contribution < -0.4 is 0 Å². The Labute approximate surface area is 151 Å². The number of thiazole rings is 1. The minimum Gasteiger partial charge on any atom is -0.458 e. The molecule has 0 saturated carbocycles. The molecule has 2 heterocycles. The van der Waals surface area contributed by atoms with Gasteiger partial charge < -0.3 is 4.74 Å². The molecule has 1 aliphatic rings. The van der Waals surface area contributed by atoms with Crippen LogP contribution in [0.25, 0.3) is 10.2 Å². The predicted molar refractivity (Wildman–Crippen MR) is 97.8 cm³/mol. The smallest absolute Gasteiger partial charge is 0.310 e. The monoisotopic (exact) mass is 382 g/mol. The van der Waals surface area contributed by atoms with Gasteiger partial charge in [-0.2, -0.15) is 0 Å². The molecule has 1 aromatic heterocycles. The second-order valence-corrected chi connectivity index (χ2v) is 9.40. The number of fused-ring (bicyclic) bond motifs is 1. The molecule has 0 N–H and O–H groups in total. The lowest BCUT2D eigenvalue weighted by molar-refractivity contribution is -0.151. The molecule has 0 bridgehead atoms. The van der Waals surface area contributed by atoms with Gasteiger partial charge in [-0.05, 0) is 31.4 Å². The maximum absolute atomic E-state index is 12.4. The summed E-state index contributed by atoms with van der Waals surface area (Å²) in [6.45, 7) is 2.69. The van der Waals surface area contributed by atoms with Gasteiger partial charge in [-0.3, -0.25) is 4.79 Å². The number of sulfonamides is 1. The van der Waals surface area contributed by atoms with Crippen LogP contribution in [0.1, 0.15) is 31.2 Å². The Balaban J connectivity index is 1.59. The van der Waals surface area contributed by atoms with Gasteiger partial charge in [-0.25, -0.2) is 17.7 Å². The number of hydrogen-bond acceptors (Lipinski definition) is 6. The summed E-state index contributed by atoms with van der Waals surface area (Å²) in [5, 5.41) is 0.751. The molecular formula is C17H22N2O4S2. The summed E-state index contributed by atoms with van der Waals surface area (Å²) in [4.78, 5) is 16.8. The zero-order valence-electron chi connectivity index (χ0n) is 14.2. The average Bonchev–Trinajstić information content (AvgIpc) is 3.02. The van der Waals surface area contributed by atoms with E-state index in [4.69, 9.17) is 4.74 Å². The maximum atomic E-state index is 12.4. The predicted octanol–water partition coefficient (Wildman–Crippen LogP) is 2.79. The molecule has 1 atom stereocenters. The highest BCUT2D eigenvalue weighted by atomic mass is 32.2. The van der Waals surface area contributed by atoms with Crippen LogP contribution >= 0.6 is 11.3 Å². The van der Waals surface area contributed by atoms with Crippen LogP contribution in [0.15, 0.2) is 24.3 Å². The third-order valence-corrected chi connectivity index (χ3v) is 7.30. The van der Waals surface area contributed by atoms with Gasteiger partial charge in [0.2, 0.25) is 10.0 Å². The van der Waals surface area contributed by atoms with Crippen molar-refractivity contribution >= 4 is 37.5 Å². The Morgan fingerprint density at radius 2 is 2.20 bits per heavy atom. The van der Waals surface area contributed by atoms with Crippen molar-refractivity contribution in [2.75, 3.05) is 18.8 Å². The van der Waals surface area contributed by atoms with E-state index in [9.17, 15) is 13.2 Å². The molecule has 0 aliphatic carbocycles. The first kappa shape index (κ1) is 18.3. The van der Waals surface area contributed by atoms with Gasteiger partial charge in [0.15, 0.2) is 0 Å². The normalized spacial score (nSPS) is 19.2. The van der Waals surface area contributed by atoms with E-state index in [2.05, 4.69) is 4.98 Å². The number of nitrogens with zero attached hydrogens (tertiary/aromatic N) is 2. The van der Waals surface area contributed by atoms with Gasteiger partial charge in [0.25, 0.3) is 0 Å². The third kappa shape index (κ3) is 4.37. The van der Waals surface area contributed by atoms with Crippen LogP contribution in [0.5, 0.6) is 0 Å². The van der Waals surface area contributed by atoms with Crippen LogP contribution in [0.3, 0.4) is 0 Å². The molecule has 1 aromatic carbocycles. The molecule has 3 rings (SSSR count). The number of aromatic nitrogens is 1. The van der Waals surface area contributed by atoms with Crippen LogP contribution in [0.2, 0.25) is 0 Å². The van der Waals surface area contributed by atoms with Gasteiger partial charge in [0.05, 0.1) is 21.9 Å². The lowest BCUT2D eigenvalue weighted by atomic mass is 10.0.